The number of hydrogen-bond acceptors (Lipinski definition) is 3. The molecule has 3 heterocycles. The lowest BCUT2D eigenvalue weighted by Crippen LogP contribution is -2.27. The standard InChI is InChI=1S/C18H17Cl2N3O2.C2H6/c1-2-25-18(24)10-5-6-23-14(7-10)15(11-8-21-22-9-11)12-3-4-13(19)16(20)17(12)23;1-2/h3-4,8-10H,2,5-7H2,1H3,(H,21,22);1-2H3. The normalized spacial score (nSPS) is 15.8. The molecule has 0 bridgehead atoms. The number of hydrogen-bond donors (Lipinski definition) is 1. The van der Waals surface area contributed by atoms with Gasteiger partial charge in [0.25, 0.3) is 0 Å². The Bertz CT molecular complexity index is 948. The average molecular weight is 408 g/mol. The zero-order valence-corrected chi connectivity index (χ0v) is 17.2. The smallest absolute Gasteiger partial charge is 0.309 e. The van der Waals surface area contributed by atoms with Crippen LogP contribution in [0.25, 0.3) is 22.0 Å². The van der Waals surface area contributed by atoms with Crippen molar-refractivity contribution in [2.75, 3.05) is 6.61 Å². The Morgan fingerprint density at radius 3 is 2.81 bits per heavy atom. The van der Waals surface area contributed by atoms with Crippen molar-refractivity contribution in [3.05, 3.63) is 40.3 Å². The number of carbonyl (C=O) groups excluding carboxylic acids is 1. The van der Waals surface area contributed by atoms with Gasteiger partial charge in [-0.2, -0.15) is 5.10 Å². The number of esters is 1. The Balaban J connectivity index is 0.00000102. The third-order valence-electron chi connectivity index (χ3n) is 4.77. The van der Waals surface area contributed by atoms with Crippen LogP contribution in [0.3, 0.4) is 0 Å². The van der Waals surface area contributed by atoms with Crippen molar-refractivity contribution in [1.82, 2.24) is 14.8 Å². The van der Waals surface area contributed by atoms with E-state index in [1.165, 1.54) is 0 Å². The number of ether oxygens (including phenoxy) is 1. The van der Waals surface area contributed by atoms with Crippen molar-refractivity contribution in [3.8, 4) is 11.1 Å². The number of rotatable bonds is 3. The molecule has 144 valence electrons. The van der Waals surface area contributed by atoms with Crippen molar-refractivity contribution in [2.45, 2.75) is 40.2 Å². The highest BCUT2D eigenvalue weighted by atomic mass is 35.5. The van der Waals surface area contributed by atoms with E-state index in [0.717, 1.165) is 34.1 Å². The topological polar surface area (TPSA) is 59.9 Å². The van der Waals surface area contributed by atoms with Crippen LogP contribution in [-0.4, -0.2) is 27.3 Å². The van der Waals surface area contributed by atoms with Gasteiger partial charge in [0.2, 0.25) is 0 Å². The minimum Gasteiger partial charge on any atom is -0.466 e. The molecule has 0 radical (unpaired) electrons. The summed E-state index contributed by atoms with van der Waals surface area (Å²) >= 11 is 12.8. The summed E-state index contributed by atoms with van der Waals surface area (Å²) in [6, 6.07) is 3.79. The largest absolute Gasteiger partial charge is 0.466 e. The van der Waals surface area contributed by atoms with E-state index in [0.29, 0.717) is 29.6 Å². The van der Waals surface area contributed by atoms with Gasteiger partial charge in [0.1, 0.15) is 0 Å². The monoisotopic (exact) mass is 407 g/mol. The third kappa shape index (κ3) is 3.46. The Labute approximate surface area is 168 Å². The third-order valence-corrected chi connectivity index (χ3v) is 5.56. The SMILES string of the molecule is CC.CCOC(=O)C1CCn2c(c(-c3cn[nH]c3)c3ccc(Cl)c(Cl)c32)C1. The van der Waals surface area contributed by atoms with E-state index in [4.69, 9.17) is 27.9 Å². The Hall–Kier alpha value is -1.98. The molecule has 0 spiro atoms. The summed E-state index contributed by atoms with van der Waals surface area (Å²) in [6.45, 7) is 6.93. The Morgan fingerprint density at radius 1 is 1.37 bits per heavy atom. The molecule has 1 aliphatic rings. The van der Waals surface area contributed by atoms with Gasteiger partial charge in [-0.3, -0.25) is 9.89 Å². The quantitative estimate of drug-likeness (QED) is 0.583. The Morgan fingerprint density at radius 2 is 2.15 bits per heavy atom. The number of nitrogens with one attached hydrogen (secondary N) is 1. The number of benzene rings is 1. The van der Waals surface area contributed by atoms with Gasteiger partial charge in [0.05, 0.1) is 34.3 Å². The molecule has 0 fully saturated rings. The molecular formula is C20H23Cl2N3O2. The fourth-order valence-electron chi connectivity index (χ4n) is 3.68. The van der Waals surface area contributed by atoms with Gasteiger partial charge in [-0.15, -0.1) is 0 Å². The number of H-pyrrole nitrogens is 1. The average Bonchev–Trinajstić information content (AvgIpc) is 3.31. The molecule has 0 aliphatic carbocycles. The highest BCUT2D eigenvalue weighted by Crippen LogP contribution is 2.43. The summed E-state index contributed by atoms with van der Waals surface area (Å²) in [5.41, 5.74) is 4.02. The maximum Gasteiger partial charge on any atom is 0.309 e. The van der Waals surface area contributed by atoms with Crippen molar-refractivity contribution < 1.29 is 9.53 Å². The van der Waals surface area contributed by atoms with E-state index in [-0.39, 0.29) is 11.9 Å². The summed E-state index contributed by atoms with van der Waals surface area (Å²) in [7, 11) is 0. The van der Waals surface area contributed by atoms with Crippen LogP contribution in [0.2, 0.25) is 10.0 Å². The molecular weight excluding hydrogens is 385 g/mol. The first-order valence-electron chi connectivity index (χ1n) is 9.26. The van der Waals surface area contributed by atoms with Crippen molar-refractivity contribution in [1.29, 1.82) is 0 Å². The fourth-order valence-corrected chi connectivity index (χ4v) is 4.10. The minimum atomic E-state index is -0.142. The lowest BCUT2D eigenvalue weighted by molar-refractivity contribution is -0.148. The van der Waals surface area contributed by atoms with Crippen LogP contribution in [0.5, 0.6) is 0 Å². The first-order valence-corrected chi connectivity index (χ1v) is 10.0. The van der Waals surface area contributed by atoms with E-state index in [1.807, 2.05) is 39.1 Å². The molecule has 27 heavy (non-hydrogen) atoms. The molecule has 1 aliphatic heterocycles. The summed E-state index contributed by atoms with van der Waals surface area (Å²) < 4.78 is 7.41. The molecule has 0 saturated carbocycles. The second-order valence-electron chi connectivity index (χ2n) is 6.16. The highest BCUT2D eigenvalue weighted by molar-refractivity contribution is 6.45. The molecule has 1 atom stereocenters. The van der Waals surface area contributed by atoms with Gasteiger partial charge in [0.15, 0.2) is 0 Å². The molecule has 2 aromatic heterocycles. The van der Waals surface area contributed by atoms with Crippen LogP contribution in [0.4, 0.5) is 0 Å². The van der Waals surface area contributed by atoms with Crippen molar-refractivity contribution in [2.24, 2.45) is 5.92 Å². The van der Waals surface area contributed by atoms with Crippen LogP contribution >= 0.6 is 23.2 Å². The van der Waals surface area contributed by atoms with Gasteiger partial charge in [-0.1, -0.05) is 43.1 Å². The van der Waals surface area contributed by atoms with Gasteiger partial charge >= 0.3 is 5.97 Å². The molecule has 4 rings (SSSR count). The van der Waals surface area contributed by atoms with E-state index >= 15 is 0 Å². The molecule has 7 heteroatoms. The van der Waals surface area contributed by atoms with Gasteiger partial charge in [-0.05, 0) is 19.4 Å². The minimum absolute atomic E-state index is 0.138. The second-order valence-corrected chi connectivity index (χ2v) is 6.94. The van der Waals surface area contributed by atoms with Crippen molar-refractivity contribution >= 4 is 40.1 Å². The lowest BCUT2D eigenvalue weighted by Gasteiger charge is -2.24. The summed E-state index contributed by atoms with van der Waals surface area (Å²) in [6.07, 6.45) is 4.98. The lowest BCUT2D eigenvalue weighted by atomic mass is 9.92. The van der Waals surface area contributed by atoms with Crippen LogP contribution < -0.4 is 0 Å². The second kappa shape index (κ2) is 8.36. The molecule has 5 nitrogen and oxygen atoms in total. The molecule has 0 saturated heterocycles. The predicted molar refractivity (Wildman–Crippen MR) is 109 cm³/mol. The summed E-state index contributed by atoms with van der Waals surface area (Å²) in [4.78, 5) is 12.2. The van der Waals surface area contributed by atoms with E-state index in [2.05, 4.69) is 14.8 Å². The number of aryl methyl sites for hydroxylation is 1. The first kappa shape index (κ1) is 19.8. The van der Waals surface area contributed by atoms with Gasteiger partial charge < -0.3 is 9.30 Å². The number of halogens is 2. The van der Waals surface area contributed by atoms with Gasteiger partial charge in [0, 0.05) is 41.4 Å². The summed E-state index contributed by atoms with van der Waals surface area (Å²) in [5, 5.41) is 9.03. The maximum atomic E-state index is 12.2. The highest BCUT2D eigenvalue weighted by Gasteiger charge is 2.31. The van der Waals surface area contributed by atoms with Crippen LogP contribution in [0, 0.1) is 5.92 Å². The molecule has 1 aromatic carbocycles. The van der Waals surface area contributed by atoms with E-state index < -0.39 is 0 Å². The zero-order chi connectivity index (χ0) is 19.6. The van der Waals surface area contributed by atoms with Crippen molar-refractivity contribution in [3.63, 3.8) is 0 Å². The zero-order valence-electron chi connectivity index (χ0n) is 15.7. The maximum absolute atomic E-state index is 12.2. The predicted octanol–water partition coefficient (Wildman–Crippen LogP) is 5.49. The number of aromatic nitrogens is 3. The number of carbonyl (C=O) groups is 1. The van der Waals surface area contributed by atoms with Crippen LogP contribution in [-0.2, 0) is 22.5 Å². The number of fused-ring (bicyclic) bond motifs is 3. The number of nitrogens with zero attached hydrogens (tertiary/aromatic N) is 2. The van der Waals surface area contributed by atoms with E-state index in [9.17, 15) is 4.79 Å². The molecule has 0 amide bonds. The van der Waals surface area contributed by atoms with Crippen LogP contribution in [0.15, 0.2) is 24.5 Å². The fraction of sp³-hybridized carbons (Fsp3) is 0.400. The van der Waals surface area contributed by atoms with Crippen LogP contribution in [0.1, 0.15) is 32.9 Å². The van der Waals surface area contributed by atoms with Gasteiger partial charge in [-0.25, -0.2) is 0 Å². The Kier molecular flexibility index (Phi) is 6.12. The van der Waals surface area contributed by atoms with E-state index in [1.54, 1.807) is 6.20 Å². The number of aromatic amines is 1. The molecule has 1 unspecified atom stereocenters. The first-order chi connectivity index (χ1) is 13.1. The summed E-state index contributed by atoms with van der Waals surface area (Å²) in [5.74, 6) is -0.280. The molecule has 1 N–H and O–H groups in total. The molecule has 3 aromatic rings.